The van der Waals surface area contributed by atoms with Crippen LogP contribution in [0.1, 0.15) is 174 Å². The molecular weight excluding hydrogens is 582 g/mol. The second kappa shape index (κ2) is 30.1. The average Bonchev–Trinajstić information content (AvgIpc) is 3.05. The van der Waals surface area contributed by atoms with Crippen molar-refractivity contribution >= 4 is 11.9 Å². The summed E-state index contributed by atoms with van der Waals surface area (Å²) in [7, 11) is 4.34. The van der Waals surface area contributed by atoms with Gasteiger partial charge in [0.1, 0.15) is 0 Å². The fraction of sp³-hybridized carbons (Fsp3) is 0.833. The van der Waals surface area contributed by atoms with E-state index in [-0.39, 0.29) is 23.8 Å². The molecule has 2 unspecified atom stereocenters. The zero-order chi connectivity index (χ0) is 34.4. The lowest BCUT2D eigenvalue weighted by Crippen LogP contribution is -2.19. The minimum atomic E-state index is -0.0686. The predicted octanol–water partition coefficient (Wildman–Crippen LogP) is 11.3. The van der Waals surface area contributed by atoms with Crippen molar-refractivity contribution in [1.82, 2.24) is 4.90 Å². The summed E-state index contributed by atoms with van der Waals surface area (Å²) in [5.41, 5.74) is 10.5. The highest BCUT2D eigenvalue weighted by molar-refractivity contribution is 5.69. The van der Waals surface area contributed by atoms with Gasteiger partial charge in [0, 0.05) is 12.8 Å². The SMILES string of the molecule is C=C=C=C=C1C(CCCCC)CCOC(=O)CCCCCCCC(CCN(C)C)CCCCCCCC(=O)OCCC1CCCCC. The Morgan fingerprint density at radius 1 is 0.660 bits per heavy atom. The minimum absolute atomic E-state index is 0.0686. The lowest BCUT2D eigenvalue weighted by molar-refractivity contribution is -0.144. The summed E-state index contributed by atoms with van der Waals surface area (Å²) in [6, 6.07) is 0. The molecular formula is C42H73NO4. The van der Waals surface area contributed by atoms with Crippen molar-refractivity contribution in [3.63, 3.8) is 0 Å². The number of allylic oxidation sites excluding steroid dienone is 1. The van der Waals surface area contributed by atoms with Gasteiger partial charge in [-0.25, -0.2) is 0 Å². The molecule has 47 heavy (non-hydrogen) atoms. The fourth-order valence-corrected chi connectivity index (χ4v) is 6.96. The van der Waals surface area contributed by atoms with Crippen LogP contribution < -0.4 is 0 Å². The van der Waals surface area contributed by atoms with Crippen molar-refractivity contribution in [2.75, 3.05) is 33.9 Å². The molecule has 1 heterocycles. The van der Waals surface area contributed by atoms with E-state index in [0.717, 1.165) is 89.5 Å². The highest BCUT2D eigenvalue weighted by Gasteiger charge is 2.24. The van der Waals surface area contributed by atoms with E-state index in [1.54, 1.807) is 0 Å². The Morgan fingerprint density at radius 2 is 1.13 bits per heavy atom. The number of carbonyl (C=O) groups excluding carboxylic acids is 2. The van der Waals surface area contributed by atoms with Crippen LogP contribution in [0.2, 0.25) is 0 Å². The third-order valence-corrected chi connectivity index (χ3v) is 9.92. The van der Waals surface area contributed by atoms with Crippen LogP contribution in [0.25, 0.3) is 0 Å². The molecule has 0 saturated carbocycles. The molecule has 1 aliphatic heterocycles. The molecule has 1 aliphatic rings. The molecule has 0 aromatic carbocycles. The summed E-state index contributed by atoms with van der Waals surface area (Å²) in [6.07, 6.45) is 27.0. The zero-order valence-electron chi connectivity index (χ0n) is 31.3. The second-order valence-electron chi connectivity index (χ2n) is 14.4. The van der Waals surface area contributed by atoms with Gasteiger partial charge in [-0.15, -0.1) is 0 Å². The Labute approximate surface area is 290 Å². The van der Waals surface area contributed by atoms with E-state index >= 15 is 0 Å². The Balaban J connectivity index is 2.98. The maximum atomic E-state index is 12.7. The average molecular weight is 656 g/mol. The van der Waals surface area contributed by atoms with Gasteiger partial charge in [0.2, 0.25) is 0 Å². The number of ether oxygens (including phenoxy) is 2. The first kappa shape index (κ1) is 43.0. The Kier molecular flexibility index (Phi) is 27.5. The summed E-state index contributed by atoms with van der Waals surface area (Å²) in [5.74, 6) is 1.16. The van der Waals surface area contributed by atoms with Gasteiger partial charge >= 0.3 is 11.9 Å². The molecule has 1 saturated heterocycles. The first-order chi connectivity index (χ1) is 22.9. The fourth-order valence-electron chi connectivity index (χ4n) is 6.96. The van der Waals surface area contributed by atoms with Gasteiger partial charge < -0.3 is 14.4 Å². The number of nitrogens with zero attached hydrogens (tertiary/aromatic N) is 1. The third-order valence-electron chi connectivity index (χ3n) is 9.92. The van der Waals surface area contributed by atoms with Gasteiger partial charge in [0.05, 0.1) is 13.2 Å². The third kappa shape index (κ3) is 23.9. The van der Waals surface area contributed by atoms with E-state index in [4.69, 9.17) is 9.47 Å². The quantitative estimate of drug-likeness (QED) is 0.126. The van der Waals surface area contributed by atoms with Crippen LogP contribution in [-0.4, -0.2) is 50.7 Å². The molecule has 270 valence electrons. The van der Waals surface area contributed by atoms with Crippen LogP contribution >= 0.6 is 0 Å². The number of esters is 2. The maximum Gasteiger partial charge on any atom is 0.305 e. The van der Waals surface area contributed by atoms with E-state index in [0.29, 0.717) is 26.1 Å². The molecule has 0 amide bonds. The zero-order valence-corrected chi connectivity index (χ0v) is 31.3. The van der Waals surface area contributed by atoms with Gasteiger partial charge in [0.15, 0.2) is 0 Å². The minimum Gasteiger partial charge on any atom is -0.466 e. The van der Waals surface area contributed by atoms with Crippen molar-refractivity contribution in [1.29, 1.82) is 0 Å². The number of hydrogen-bond acceptors (Lipinski definition) is 5. The van der Waals surface area contributed by atoms with Crippen LogP contribution in [0.4, 0.5) is 0 Å². The van der Waals surface area contributed by atoms with Gasteiger partial charge in [-0.1, -0.05) is 128 Å². The molecule has 2 atom stereocenters. The van der Waals surface area contributed by atoms with Gasteiger partial charge in [-0.05, 0) is 101 Å². The molecule has 0 N–H and O–H groups in total. The van der Waals surface area contributed by atoms with Crippen molar-refractivity contribution in [2.45, 2.75) is 174 Å². The monoisotopic (exact) mass is 656 g/mol. The van der Waals surface area contributed by atoms with E-state index in [9.17, 15) is 9.59 Å². The maximum absolute atomic E-state index is 12.7. The lowest BCUT2D eigenvalue weighted by atomic mass is 9.79. The summed E-state index contributed by atoms with van der Waals surface area (Å²) < 4.78 is 11.6. The van der Waals surface area contributed by atoms with Crippen LogP contribution in [0.3, 0.4) is 0 Å². The highest BCUT2D eigenvalue weighted by Crippen LogP contribution is 2.33. The largest absolute Gasteiger partial charge is 0.466 e. The molecule has 1 rings (SSSR count). The summed E-state index contributed by atoms with van der Waals surface area (Å²) in [5, 5.41) is 0. The van der Waals surface area contributed by atoms with Gasteiger partial charge in [-0.3, -0.25) is 9.59 Å². The predicted molar refractivity (Wildman–Crippen MR) is 197 cm³/mol. The first-order valence-corrected chi connectivity index (χ1v) is 19.8. The second-order valence-corrected chi connectivity index (χ2v) is 14.4. The first-order valence-electron chi connectivity index (χ1n) is 19.8. The molecule has 0 radical (unpaired) electrons. The standard InChI is InChI=1S/C42H73NO4/c1-6-9-18-26-38-32-35-46-41(44)29-22-16-12-14-20-24-37(31-34-43(4)5)25-21-15-13-17-23-30-42(45)47-36-33-39(27-19-10-7-2)40(38)28-11-8-3/h37-39H,3,6-7,9-10,12-27,29-36H2,1-2,4-5H3. The normalized spacial score (nSPS) is 22.8. The Hall–Kier alpha value is -2.02. The van der Waals surface area contributed by atoms with E-state index in [1.807, 2.05) is 0 Å². The van der Waals surface area contributed by atoms with Crippen LogP contribution in [-0.2, 0) is 19.1 Å². The van der Waals surface area contributed by atoms with Crippen molar-refractivity contribution in [2.24, 2.45) is 17.8 Å². The van der Waals surface area contributed by atoms with Gasteiger partial charge in [-0.2, -0.15) is 0 Å². The summed E-state index contributed by atoms with van der Waals surface area (Å²) in [4.78, 5) is 27.7. The summed E-state index contributed by atoms with van der Waals surface area (Å²) >= 11 is 0. The van der Waals surface area contributed by atoms with E-state index in [2.05, 4.69) is 56.6 Å². The van der Waals surface area contributed by atoms with Crippen molar-refractivity contribution in [3.8, 4) is 0 Å². The Morgan fingerprint density at radius 3 is 1.57 bits per heavy atom. The number of hydrogen-bond donors (Lipinski definition) is 0. The number of rotatable bonds is 11. The molecule has 5 heteroatoms. The van der Waals surface area contributed by atoms with Crippen molar-refractivity contribution in [3.05, 3.63) is 29.3 Å². The number of carbonyl (C=O) groups is 2. The molecule has 0 aromatic rings. The van der Waals surface area contributed by atoms with Crippen LogP contribution in [0.5, 0.6) is 0 Å². The number of cyclic esters (lactones) is 2. The summed E-state index contributed by atoms with van der Waals surface area (Å²) in [6.45, 7) is 10.2. The van der Waals surface area contributed by atoms with E-state index in [1.165, 1.54) is 76.2 Å². The molecule has 5 nitrogen and oxygen atoms in total. The molecule has 0 bridgehead atoms. The molecule has 0 spiro atoms. The van der Waals surface area contributed by atoms with Crippen molar-refractivity contribution < 1.29 is 19.1 Å². The molecule has 1 fully saturated rings. The smallest absolute Gasteiger partial charge is 0.305 e. The molecule has 0 aromatic heterocycles. The van der Waals surface area contributed by atoms with Crippen LogP contribution in [0, 0.1) is 17.8 Å². The Bertz CT molecular complexity index is 871. The van der Waals surface area contributed by atoms with E-state index < -0.39 is 0 Å². The highest BCUT2D eigenvalue weighted by atomic mass is 16.5. The van der Waals surface area contributed by atoms with Crippen LogP contribution in [0.15, 0.2) is 29.3 Å². The topological polar surface area (TPSA) is 55.8 Å². The molecule has 0 aliphatic carbocycles. The lowest BCUT2D eigenvalue weighted by Gasteiger charge is -2.26. The number of unbranched alkanes of at least 4 members (excludes halogenated alkanes) is 4. The van der Waals surface area contributed by atoms with Gasteiger partial charge in [0.25, 0.3) is 0 Å².